The number of anilines is 1. The number of aromatic nitrogens is 1. The van der Waals surface area contributed by atoms with Crippen molar-refractivity contribution in [1.82, 2.24) is 15.2 Å². The Hall–Kier alpha value is -2.96. The molecule has 0 radical (unpaired) electrons. The van der Waals surface area contributed by atoms with Crippen molar-refractivity contribution in [3.05, 3.63) is 71.4 Å². The van der Waals surface area contributed by atoms with Crippen molar-refractivity contribution >= 4 is 22.5 Å². The number of hydrogen-bond acceptors (Lipinski definition) is 5. The minimum absolute atomic E-state index is 0.0120. The summed E-state index contributed by atoms with van der Waals surface area (Å²) < 4.78 is 5.48. The number of hydrogen-bond donors (Lipinski definition) is 1. The van der Waals surface area contributed by atoms with Gasteiger partial charge in [0.1, 0.15) is 0 Å². The molecule has 2 saturated heterocycles. The largest absolute Gasteiger partial charge is 0.379 e. The van der Waals surface area contributed by atoms with E-state index >= 15 is 0 Å². The van der Waals surface area contributed by atoms with Gasteiger partial charge in [-0.15, -0.1) is 0 Å². The highest BCUT2D eigenvalue weighted by atomic mass is 16.5. The Kier molecular flexibility index (Phi) is 5.07. The van der Waals surface area contributed by atoms with Gasteiger partial charge in [-0.3, -0.25) is 14.7 Å². The predicted octanol–water partition coefficient (Wildman–Crippen LogP) is 3.48. The molecule has 0 unspecified atom stereocenters. The van der Waals surface area contributed by atoms with Crippen LogP contribution < -0.4 is 10.2 Å². The standard InChI is InChI=1S/C27H30N4O2/c1-19-6-7-20(31-17-21(18-31)30-12-14-33-15-13-30)16-23(19)26(32)29-27(9-10-27)24-8-11-28-25-5-3-2-4-22(24)25/h2-8,11,16,21H,9-10,12-15,17-18H2,1H3,(H,29,32). The zero-order valence-corrected chi connectivity index (χ0v) is 19.1. The number of fused-ring (bicyclic) bond motifs is 1. The van der Waals surface area contributed by atoms with E-state index in [1.807, 2.05) is 31.3 Å². The summed E-state index contributed by atoms with van der Waals surface area (Å²) >= 11 is 0. The van der Waals surface area contributed by atoms with Crippen molar-refractivity contribution in [3.63, 3.8) is 0 Å². The lowest BCUT2D eigenvalue weighted by Crippen LogP contribution is -2.61. The second-order valence-electron chi connectivity index (χ2n) is 9.62. The van der Waals surface area contributed by atoms with Crippen LogP contribution in [0.5, 0.6) is 0 Å². The molecule has 0 bridgehead atoms. The van der Waals surface area contributed by atoms with Crippen molar-refractivity contribution in [2.75, 3.05) is 44.3 Å². The average Bonchev–Trinajstić information content (AvgIpc) is 3.59. The van der Waals surface area contributed by atoms with Crippen LogP contribution in [0.1, 0.15) is 34.3 Å². The number of amides is 1. The minimum Gasteiger partial charge on any atom is -0.379 e. The van der Waals surface area contributed by atoms with Crippen molar-refractivity contribution in [2.24, 2.45) is 0 Å². The van der Waals surface area contributed by atoms with Crippen LogP contribution in [0.25, 0.3) is 10.9 Å². The zero-order valence-electron chi connectivity index (χ0n) is 19.1. The average molecular weight is 443 g/mol. The summed E-state index contributed by atoms with van der Waals surface area (Å²) in [7, 11) is 0. The van der Waals surface area contributed by atoms with E-state index in [2.05, 4.69) is 50.4 Å². The van der Waals surface area contributed by atoms with Crippen LogP contribution in [0.2, 0.25) is 0 Å². The van der Waals surface area contributed by atoms with Crippen molar-refractivity contribution in [2.45, 2.75) is 31.3 Å². The molecule has 1 aliphatic carbocycles. The molecule has 6 nitrogen and oxygen atoms in total. The lowest BCUT2D eigenvalue weighted by molar-refractivity contribution is 0.0105. The molecule has 1 aromatic heterocycles. The van der Waals surface area contributed by atoms with E-state index in [4.69, 9.17) is 4.74 Å². The molecular formula is C27H30N4O2. The Morgan fingerprint density at radius 2 is 1.88 bits per heavy atom. The third-order valence-electron chi connectivity index (χ3n) is 7.52. The second-order valence-corrected chi connectivity index (χ2v) is 9.62. The topological polar surface area (TPSA) is 57.7 Å². The van der Waals surface area contributed by atoms with Gasteiger partial charge in [0.05, 0.1) is 24.3 Å². The summed E-state index contributed by atoms with van der Waals surface area (Å²) in [5, 5.41) is 4.51. The van der Waals surface area contributed by atoms with Crippen LogP contribution in [0.4, 0.5) is 5.69 Å². The molecule has 1 N–H and O–H groups in total. The number of rotatable bonds is 5. The van der Waals surface area contributed by atoms with Gasteiger partial charge >= 0.3 is 0 Å². The fourth-order valence-electron chi connectivity index (χ4n) is 5.28. The maximum Gasteiger partial charge on any atom is 0.252 e. The number of ether oxygens (including phenoxy) is 1. The maximum absolute atomic E-state index is 13.5. The first kappa shape index (κ1) is 20.6. The third-order valence-corrected chi connectivity index (χ3v) is 7.52. The molecule has 3 fully saturated rings. The maximum atomic E-state index is 13.5. The molecule has 0 atom stereocenters. The monoisotopic (exact) mass is 442 g/mol. The lowest BCUT2D eigenvalue weighted by atomic mass is 9.98. The minimum atomic E-state index is -0.291. The van der Waals surface area contributed by atoms with Crippen LogP contribution in [-0.4, -0.2) is 61.2 Å². The Morgan fingerprint density at radius 1 is 1.09 bits per heavy atom. The third kappa shape index (κ3) is 3.77. The molecule has 1 saturated carbocycles. The van der Waals surface area contributed by atoms with Crippen molar-refractivity contribution in [1.29, 1.82) is 0 Å². The Balaban J connectivity index is 1.20. The van der Waals surface area contributed by atoms with Gasteiger partial charge < -0.3 is 15.0 Å². The summed E-state index contributed by atoms with van der Waals surface area (Å²) in [5.41, 5.74) is 4.77. The number of aryl methyl sites for hydroxylation is 1. The zero-order chi connectivity index (χ0) is 22.4. The first-order valence-corrected chi connectivity index (χ1v) is 12.0. The highest BCUT2D eigenvalue weighted by Gasteiger charge is 2.47. The second kappa shape index (κ2) is 8.12. The van der Waals surface area contributed by atoms with Crippen molar-refractivity contribution in [3.8, 4) is 0 Å². The number of morpholine rings is 1. The number of pyridine rings is 1. The number of nitrogens with one attached hydrogen (secondary N) is 1. The van der Waals surface area contributed by atoms with Gasteiger partial charge in [-0.05, 0) is 55.2 Å². The number of para-hydroxylation sites is 1. The molecule has 170 valence electrons. The van der Waals surface area contributed by atoms with Crippen LogP contribution in [0.3, 0.4) is 0 Å². The van der Waals surface area contributed by atoms with Crippen LogP contribution in [0, 0.1) is 6.92 Å². The molecule has 3 aliphatic rings. The van der Waals surface area contributed by atoms with Gasteiger partial charge in [0.15, 0.2) is 0 Å². The Labute approximate surface area is 194 Å². The molecule has 3 aromatic rings. The SMILES string of the molecule is Cc1ccc(N2CC(N3CCOCC3)C2)cc1C(=O)NC1(c2ccnc3ccccc23)CC1. The first-order chi connectivity index (χ1) is 16.1. The number of carbonyl (C=O) groups is 1. The highest BCUT2D eigenvalue weighted by Crippen LogP contribution is 2.48. The van der Waals surface area contributed by atoms with E-state index in [0.29, 0.717) is 6.04 Å². The first-order valence-electron chi connectivity index (χ1n) is 12.0. The van der Waals surface area contributed by atoms with E-state index in [1.54, 1.807) is 0 Å². The van der Waals surface area contributed by atoms with E-state index < -0.39 is 0 Å². The molecule has 1 amide bonds. The highest BCUT2D eigenvalue weighted by molar-refractivity contribution is 5.98. The van der Waals surface area contributed by atoms with Gasteiger partial charge in [0.25, 0.3) is 5.91 Å². The van der Waals surface area contributed by atoms with Gasteiger partial charge in [-0.2, -0.15) is 0 Å². The molecule has 0 spiro atoms. The fourth-order valence-corrected chi connectivity index (χ4v) is 5.28. The summed E-state index contributed by atoms with van der Waals surface area (Å²) in [4.78, 5) is 22.8. The van der Waals surface area contributed by atoms with E-state index in [0.717, 1.165) is 80.0 Å². The normalized spacial score (nSPS) is 20.5. The molecular weight excluding hydrogens is 412 g/mol. The smallest absolute Gasteiger partial charge is 0.252 e. The van der Waals surface area contributed by atoms with Gasteiger partial charge in [-0.25, -0.2) is 0 Å². The van der Waals surface area contributed by atoms with Crippen LogP contribution in [0.15, 0.2) is 54.7 Å². The Morgan fingerprint density at radius 3 is 2.67 bits per heavy atom. The fraction of sp³-hybridized carbons (Fsp3) is 0.407. The molecule has 6 heteroatoms. The summed E-state index contributed by atoms with van der Waals surface area (Å²) in [5.74, 6) is 0.0120. The number of carbonyl (C=O) groups excluding carboxylic acids is 1. The number of nitrogens with zero attached hydrogens (tertiary/aromatic N) is 3. The summed E-state index contributed by atoms with van der Waals surface area (Å²) in [6.45, 7) is 7.75. The van der Waals surface area contributed by atoms with E-state index in [1.165, 1.54) is 5.56 Å². The Bertz CT molecular complexity index is 1190. The summed E-state index contributed by atoms with van der Waals surface area (Å²) in [6, 6.07) is 17.1. The summed E-state index contributed by atoms with van der Waals surface area (Å²) in [6.07, 6.45) is 3.77. The van der Waals surface area contributed by atoms with Gasteiger partial charge in [-0.1, -0.05) is 24.3 Å². The van der Waals surface area contributed by atoms with Crippen molar-refractivity contribution < 1.29 is 9.53 Å². The van der Waals surface area contributed by atoms with Crippen LogP contribution >= 0.6 is 0 Å². The molecule has 6 rings (SSSR count). The molecule has 2 aromatic carbocycles. The number of benzene rings is 2. The molecule has 33 heavy (non-hydrogen) atoms. The van der Waals surface area contributed by atoms with Gasteiger partial charge in [0, 0.05) is 55.1 Å². The predicted molar refractivity (Wildman–Crippen MR) is 130 cm³/mol. The van der Waals surface area contributed by atoms with Gasteiger partial charge in [0.2, 0.25) is 0 Å². The molecule has 2 aliphatic heterocycles. The lowest BCUT2D eigenvalue weighted by Gasteiger charge is -2.47. The molecule has 3 heterocycles. The van der Waals surface area contributed by atoms with Crippen LogP contribution in [-0.2, 0) is 10.3 Å². The van der Waals surface area contributed by atoms with E-state index in [-0.39, 0.29) is 11.4 Å². The quantitative estimate of drug-likeness (QED) is 0.656. The van der Waals surface area contributed by atoms with E-state index in [9.17, 15) is 4.79 Å².